The highest BCUT2D eigenvalue weighted by Gasteiger charge is 2.64. The second kappa shape index (κ2) is 9.00. The first-order chi connectivity index (χ1) is 14.7. The number of nitrogen functional groups attached to an aromatic ring is 1. The average Bonchev–Trinajstić information content (AvgIpc) is 3.12. The van der Waals surface area contributed by atoms with Gasteiger partial charge in [0.05, 0.1) is 5.92 Å². The molecule has 0 unspecified atom stereocenters. The molecule has 1 aliphatic rings. The van der Waals surface area contributed by atoms with Gasteiger partial charge < -0.3 is 15.7 Å². The lowest BCUT2D eigenvalue weighted by molar-refractivity contribution is -0.243. The van der Waals surface area contributed by atoms with Gasteiger partial charge in [0, 0.05) is 11.8 Å². The lowest BCUT2D eigenvalue weighted by Gasteiger charge is -2.51. The number of rotatable bonds is 11. The van der Waals surface area contributed by atoms with E-state index in [1.807, 2.05) is 0 Å². The second-order valence-corrected chi connectivity index (χ2v) is 9.00. The number of carboxylic acids is 1. The fourth-order valence-corrected chi connectivity index (χ4v) is 3.56. The van der Waals surface area contributed by atoms with Crippen LogP contribution in [0.2, 0.25) is 0 Å². The molecule has 13 nitrogen and oxygen atoms in total. The van der Waals surface area contributed by atoms with Crippen LogP contribution in [0.5, 0.6) is 0 Å². The van der Waals surface area contributed by atoms with E-state index in [2.05, 4.69) is 14.4 Å². The summed E-state index contributed by atoms with van der Waals surface area (Å²) in [5.41, 5.74) is 0.409. The Labute approximate surface area is 183 Å². The van der Waals surface area contributed by atoms with Gasteiger partial charge in [-0.25, -0.2) is 18.6 Å². The third-order valence-corrected chi connectivity index (χ3v) is 5.49. The molecule has 0 aliphatic carbocycles. The maximum absolute atomic E-state index is 13.7. The molecule has 4 N–H and O–H groups in total. The van der Waals surface area contributed by atoms with Gasteiger partial charge in [-0.05, 0) is 13.8 Å². The van der Waals surface area contributed by atoms with Crippen LogP contribution in [0, 0.1) is 5.92 Å². The first-order valence-electron chi connectivity index (χ1n) is 8.55. The zero-order valence-corrected chi connectivity index (χ0v) is 18.2. The number of carbonyl (C=O) groups is 3. The van der Waals surface area contributed by atoms with Crippen LogP contribution in [-0.2, 0) is 33.9 Å². The molecule has 1 fully saturated rings. The highest BCUT2D eigenvalue weighted by atomic mass is 32.3. The van der Waals surface area contributed by atoms with Gasteiger partial charge in [0.15, 0.2) is 16.6 Å². The van der Waals surface area contributed by atoms with Crippen molar-refractivity contribution >= 4 is 50.2 Å². The summed E-state index contributed by atoms with van der Waals surface area (Å²) in [5, 5.41) is 13.7. The summed E-state index contributed by atoms with van der Waals surface area (Å²) in [6.45, 7) is -1.04. The lowest BCUT2D eigenvalue weighted by Crippen LogP contribution is -2.73. The highest BCUT2D eigenvalue weighted by molar-refractivity contribution is 7.80. The van der Waals surface area contributed by atoms with Crippen LogP contribution in [0.25, 0.3) is 0 Å². The zero-order chi connectivity index (χ0) is 24.5. The quantitative estimate of drug-likeness (QED) is 0.162. The van der Waals surface area contributed by atoms with E-state index in [1.54, 1.807) is 0 Å². The predicted octanol–water partition coefficient (Wildman–Crippen LogP) is 0.139. The van der Waals surface area contributed by atoms with Crippen molar-refractivity contribution in [2.45, 2.75) is 31.4 Å². The Morgan fingerprint density at radius 3 is 2.44 bits per heavy atom. The summed E-state index contributed by atoms with van der Waals surface area (Å²) >= 11 is 0.897. The van der Waals surface area contributed by atoms with Gasteiger partial charge in [-0.1, -0.05) is 5.16 Å². The number of nitrogens with zero attached hydrogens (tertiary/aromatic N) is 3. The molecule has 0 saturated carbocycles. The van der Waals surface area contributed by atoms with Crippen LogP contribution in [0.3, 0.4) is 0 Å². The minimum Gasteiger partial charge on any atom is -0.478 e. The monoisotopic (exact) mass is 500 g/mol. The average molecular weight is 500 g/mol. The number of thiazole rings is 1. The molecule has 32 heavy (non-hydrogen) atoms. The molecule has 2 rings (SSSR count). The largest absolute Gasteiger partial charge is 0.478 e. The number of halogens is 2. The summed E-state index contributed by atoms with van der Waals surface area (Å²) in [5.74, 6) is -5.49. The van der Waals surface area contributed by atoms with Crippen LogP contribution in [0.15, 0.2) is 10.5 Å². The number of carboxylic acid groups (broad SMARTS) is 1. The van der Waals surface area contributed by atoms with E-state index in [9.17, 15) is 31.6 Å². The van der Waals surface area contributed by atoms with Gasteiger partial charge in [0.25, 0.3) is 5.91 Å². The molecule has 1 aromatic heterocycles. The van der Waals surface area contributed by atoms with E-state index in [0.29, 0.717) is 0 Å². The fourth-order valence-electron chi connectivity index (χ4n) is 2.60. The van der Waals surface area contributed by atoms with E-state index in [0.717, 1.165) is 25.2 Å². The molecule has 0 radical (unpaired) electrons. The number of hydrogen-bond donors (Lipinski definition) is 3. The number of β-lactam (4-membered cyclic amide) rings is 1. The number of aromatic nitrogens is 1. The Hall–Kier alpha value is -2.76. The van der Waals surface area contributed by atoms with E-state index >= 15 is 0 Å². The minimum atomic E-state index is -5.28. The molecule has 2 heterocycles. The van der Waals surface area contributed by atoms with Crippen molar-refractivity contribution in [1.82, 2.24) is 10.0 Å². The number of Topliss-reactive ketones (excluding diaryl/α,β-unsaturated/α-hetero) is 1. The maximum Gasteiger partial charge on any atom is 0.418 e. The molecule has 0 spiro atoms. The molecule has 1 saturated heterocycles. The van der Waals surface area contributed by atoms with Gasteiger partial charge >= 0.3 is 16.4 Å². The van der Waals surface area contributed by atoms with Crippen molar-refractivity contribution in [2.24, 2.45) is 11.1 Å². The second-order valence-electron chi connectivity index (χ2n) is 7.10. The van der Waals surface area contributed by atoms with Crippen LogP contribution in [0.4, 0.5) is 13.9 Å². The summed E-state index contributed by atoms with van der Waals surface area (Å²) in [7, 11) is -5.28. The molecular weight excluding hydrogens is 482 g/mol. The summed E-state index contributed by atoms with van der Waals surface area (Å²) in [4.78, 5) is 45.0. The molecule has 17 heteroatoms. The van der Waals surface area contributed by atoms with Gasteiger partial charge in [-0.3, -0.25) is 14.1 Å². The standard InChI is InChI=1S/C15H18F2N4O9S2/c1-14(2,12(24)25)29-20-10(8-4-31-13(18)19-8)9(22)3-7-11(23)21(30-32(26,27)28)15(7,5-16)6-17/h4,7H,3,5-6H2,1-2H3,(H2,18,19)(H,24,25)(H,26,27,28)/b20-10-/t7-/m1/s1. The topological polar surface area (TPSA) is 199 Å². The predicted molar refractivity (Wildman–Crippen MR) is 103 cm³/mol. The van der Waals surface area contributed by atoms with Crippen molar-refractivity contribution < 1.29 is 50.4 Å². The molecule has 0 aromatic carbocycles. The third-order valence-electron chi connectivity index (χ3n) is 4.48. The number of alkyl halides is 2. The number of anilines is 1. The lowest BCUT2D eigenvalue weighted by atomic mass is 9.73. The molecule has 0 bridgehead atoms. The zero-order valence-electron chi connectivity index (χ0n) is 16.5. The van der Waals surface area contributed by atoms with Crippen LogP contribution in [0.1, 0.15) is 26.0 Å². The fraction of sp³-hybridized carbons (Fsp3) is 0.533. The number of aliphatic carboxylic acids is 1. The minimum absolute atomic E-state index is 0.00676. The number of carbonyl (C=O) groups excluding carboxylic acids is 2. The van der Waals surface area contributed by atoms with Gasteiger partial charge in [-0.15, -0.1) is 15.6 Å². The Balaban J connectivity index is 2.36. The Morgan fingerprint density at radius 2 is 2.00 bits per heavy atom. The van der Waals surface area contributed by atoms with E-state index in [1.165, 1.54) is 5.38 Å². The first-order valence-corrected chi connectivity index (χ1v) is 10.8. The van der Waals surface area contributed by atoms with E-state index in [4.69, 9.17) is 20.2 Å². The van der Waals surface area contributed by atoms with Crippen LogP contribution in [-0.4, -0.2) is 76.0 Å². The van der Waals surface area contributed by atoms with Crippen molar-refractivity contribution in [3.05, 3.63) is 11.1 Å². The number of hydrogen-bond acceptors (Lipinski definition) is 11. The third kappa shape index (κ3) is 5.00. The number of amides is 1. The molecule has 178 valence electrons. The summed E-state index contributed by atoms with van der Waals surface area (Å²) < 4.78 is 61.8. The van der Waals surface area contributed by atoms with E-state index in [-0.39, 0.29) is 15.9 Å². The number of oxime groups is 1. The first kappa shape index (κ1) is 25.5. The van der Waals surface area contributed by atoms with Crippen molar-refractivity contribution in [1.29, 1.82) is 0 Å². The molecule has 1 aromatic rings. The Kier molecular flexibility index (Phi) is 7.18. The highest BCUT2D eigenvalue weighted by Crippen LogP contribution is 2.42. The summed E-state index contributed by atoms with van der Waals surface area (Å²) in [6.07, 6.45) is -0.898. The van der Waals surface area contributed by atoms with Crippen LogP contribution < -0.4 is 5.73 Å². The molecule has 1 atom stereocenters. The van der Waals surface area contributed by atoms with Crippen molar-refractivity contribution in [3.8, 4) is 0 Å². The summed E-state index contributed by atoms with van der Waals surface area (Å²) in [6, 6.07) is 0. The molecule has 1 amide bonds. The molecular formula is C15H18F2N4O9S2. The SMILES string of the molecule is CC(C)(O/N=C(\C(=O)C[C@@H]1C(=O)N(OS(=O)(=O)O)C1(CF)CF)c1csc(N)n1)C(=O)O. The van der Waals surface area contributed by atoms with Crippen molar-refractivity contribution in [2.75, 3.05) is 19.1 Å². The van der Waals surface area contributed by atoms with E-state index < -0.39 is 70.6 Å². The van der Waals surface area contributed by atoms with Gasteiger partial charge in [0.2, 0.25) is 5.60 Å². The normalized spacial score (nSPS) is 18.9. The number of ketones is 1. The Morgan fingerprint density at radius 1 is 1.41 bits per heavy atom. The maximum atomic E-state index is 13.7. The number of nitrogens with two attached hydrogens (primary N) is 1. The smallest absolute Gasteiger partial charge is 0.418 e. The van der Waals surface area contributed by atoms with Crippen LogP contribution >= 0.6 is 11.3 Å². The number of hydroxylamine groups is 2. The molecule has 1 aliphatic heterocycles. The van der Waals surface area contributed by atoms with Gasteiger partial charge in [0.1, 0.15) is 24.6 Å². The Bertz CT molecular complexity index is 1050. The van der Waals surface area contributed by atoms with Crippen molar-refractivity contribution in [3.63, 3.8) is 0 Å². The van der Waals surface area contributed by atoms with Gasteiger partial charge in [-0.2, -0.15) is 13.5 Å².